The van der Waals surface area contributed by atoms with Crippen LogP contribution < -0.4 is 0 Å². The monoisotopic (exact) mass is 201 g/mol. The van der Waals surface area contributed by atoms with E-state index in [0.29, 0.717) is 12.1 Å². The van der Waals surface area contributed by atoms with Crippen LogP contribution in [0.1, 0.15) is 0 Å². The lowest BCUT2D eigenvalue weighted by molar-refractivity contribution is 0.476. The summed E-state index contributed by atoms with van der Waals surface area (Å²) >= 11 is 0. The van der Waals surface area contributed by atoms with Gasteiger partial charge in [-0.25, -0.2) is 0 Å². The van der Waals surface area contributed by atoms with E-state index < -0.39 is 0 Å². The van der Waals surface area contributed by atoms with Crippen molar-refractivity contribution in [3.63, 3.8) is 0 Å². The largest absolute Gasteiger partial charge is 0.508 e. The molecule has 0 saturated heterocycles. The Kier molecular flexibility index (Phi) is 1.39. The molecule has 5 nitrogen and oxygen atoms in total. The van der Waals surface area contributed by atoms with Gasteiger partial charge in [0.05, 0.1) is 6.20 Å². The summed E-state index contributed by atoms with van der Waals surface area (Å²) in [6.07, 6.45) is 2.24. The van der Waals surface area contributed by atoms with Crippen LogP contribution in [0.25, 0.3) is 21.9 Å². The summed E-state index contributed by atoms with van der Waals surface area (Å²) in [7, 11) is 0. The maximum Gasteiger partial charge on any atom is 0.236 e. The summed E-state index contributed by atoms with van der Waals surface area (Å²) in [5.41, 5.74) is 1.52. The minimum atomic E-state index is 0.197. The summed E-state index contributed by atoms with van der Waals surface area (Å²) in [4.78, 5) is 13.7. The predicted molar refractivity (Wildman–Crippen MR) is 55.4 cm³/mol. The quantitative estimate of drug-likeness (QED) is 0.582. The summed E-state index contributed by atoms with van der Waals surface area (Å²) < 4.78 is 1.23. The Bertz CT molecular complexity index is 666. The van der Waals surface area contributed by atoms with Crippen molar-refractivity contribution < 1.29 is 9.90 Å². The highest BCUT2D eigenvalue weighted by atomic mass is 16.3. The number of aromatic nitrogens is 3. The standard InChI is InChI=1S/C10H7N3O2/c14-5-13-10-8(4-11-13)7-3-6(15)1-2-9(7)12-10/h1-5,12,15H. The molecule has 0 bridgehead atoms. The van der Waals surface area contributed by atoms with Gasteiger partial charge in [-0.05, 0) is 18.2 Å². The molecule has 0 radical (unpaired) electrons. The first-order valence-corrected chi connectivity index (χ1v) is 4.43. The minimum Gasteiger partial charge on any atom is -0.508 e. The van der Waals surface area contributed by atoms with E-state index in [-0.39, 0.29) is 5.75 Å². The third-order valence-electron chi connectivity index (χ3n) is 2.44. The second kappa shape index (κ2) is 2.60. The topological polar surface area (TPSA) is 70.9 Å². The first kappa shape index (κ1) is 8.05. The molecule has 0 aliphatic rings. The molecule has 5 heteroatoms. The lowest BCUT2D eigenvalue weighted by atomic mass is 10.2. The van der Waals surface area contributed by atoms with Gasteiger partial charge in [0.15, 0.2) is 0 Å². The van der Waals surface area contributed by atoms with Crippen molar-refractivity contribution in [2.24, 2.45) is 0 Å². The van der Waals surface area contributed by atoms with Crippen LogP contribution in [0.4, 0.5) is 0 Å². The van der Waals surface area contributed by atoms with E-state index in [1.54, 1.807) is 24.4 Å². The Morgan fingerprint density at radius 1 is 1.40 bits per heavy atom. The second-order valence-corrected chi connectivity index (χ2v) is 3.31. The highest BCUT2D eigenvalue weighted by Crippen LogP contribution is 2.27. The van der Waals surface area contributed by atoms with Crippen LogP contribution in [0.5, 0.6) is 5.75 Å². The van der Waals surface area contributed by atoms with Crippen molar-refractivity contribution in [3.05, 3.63) is 24.4 Å². The van der Waals surface area contributed by atoms with Crippen molar-refractivity contribution in [1.82, 2.24) is 14.8 Å². The summed E-state index contributed by atoms with van der Waals surface area (Å²) in [6, 6.07) is 5.00. The van der Waals surface area contributed by atoms with E-state index in [1.807, 2.05) is 0 Å². The summed E-state index contributed by atoms with van der Waals surface area (Å²) in [6.45, 7) is 0. The number of aromatic hydroxyl groups is 1. The number of nitrogens with zero attached hydrogens (tertiary/aromatic N) is 2. The van der Waals surface area contributed by atoms with Gasteiger partial charge in [0.25, 0.3) is 0 Å². The third-order valence-corrected chi connectivity index (χ3v) is 2.44. The Labute approximate surface area is 83.9 Å². The molecule has 0 atom stereocenters. The van der Waals surface area contributed by atoms with Crippen molar-refractivity contribution in [2.75, 3.05) is 0 Å². The van der Waals surface area contributed by atoms with E-state index in [1.165, 1.54) is 4.68 Å². The van der Waals surface area contributed by atoms with Gasteiger partial charge in [-0.1, -0.05) is 0 Å². The summed E-state index contributed by atoms with van der Waals surface area (Å²) in [5, 5.41) is 14.9. The zero-order valence-corrected chi connectivity index (χ0v) is 7.64. The first-order chi connectivity index (χ1) is 7.29. The van der Waals surface area contributed by atoms with Gasteiger partial charge in [0.1, 0.15) is 11.4 Å². The lowest BCUT2D eigenvalue weighted by Gasteiger charge is -1.91. The van der Waals surface area contributed by atoms with Crippen molar-refractivity contribution in [1.29, 1.82) is 0 Å². The Hall–Kier alpha value is -2.30. The zero-order valence-electron chi connectivity index (χ0n) is 7.64. The molecule has 3 aromatic rings. The van der Waals surface area contributed by atoms with Crippen LogP contribution in [0.2, 0.25) is 0 Å². The molecular formula is C10H7N3O2. The molecule has 2 aromatic heterocycles. The fourth-order valence-electron chi connectivity index (χ4n) is 1.76. The number of carbonyl (C=O) groups excluding carboxylic acids is 1. The average Bonchev–Trinajstić information content (AvgIpc) is 2.76. The van der Waals surface area contributed by atoms with Gasteiger partial charge in [-0.3, -0.25) is 4.79 Å². The highest BCUT2D eigenvalue weighted by Gasteiger charge is 2.09. The van der Waals surface area contributed by atoms with Gasteiger partial charge in [0, 0.05) is 16.3 Å². The maximum atomic E-state index is 10.7. The molecular weight excluding hydrogens is 194 g/mol. The number of carbonyl (C=O) groups is 1. The van der Waals surface area contributed by atoms with Crippen LogP contribution in [0, 0.1) is 0 Å². The Balaban J connectivity index is 2.53. The number of hydrogen-bond acceptors (Lipinski definition) is 3. The SMILES string of the molecule is O=Cn1ncc2c3cc(O)ccc3[nH]c21. The number of aromatic amines is 1. The molecule has 15 heavy (non-hydrogen) atoms. The lowest BCUT2D eigenvalue weighted by Crippen LogP contribution is -1.95. The van der Waals surface area contributed by atoms with Crippen LogP contribution >= 0.6 is 0 Å². The van der Waals surface area contributed by atoms with Crippen LogP contribution in [0.15, 0.2) is 24.4 Å². The fourth-order valence-corrected chi connectivity index (χ4v) is 1.76. The molecule has 0 saturated carbocycles. The molecule has 0 aliphatic carbocycles. The number of nitrogens with one attached hydrogen (secondary N) is 1. The van der Waals surface area contributed by atoms with Crippen molar-refractivity contribution in [2.45, 2.75) is 0 Å². The molecule has 74 valence electrons. The molecule has 1 aromatic carbocycles. The fraction of sp³-hybridized carbons (Fsp3) is 0. The van der Waals surface area contributed by atoms with Crippen molar-refractivity contribution >= 4 is 28.3 Å². The van der Waals surface area contributed by atoms with Gasteiger partial charge in [-0.2, -0.15) is 9.78 Å². The first-order valence-electron chi connectivity index (χ1n) is 4.43. The third kappa shape index (κ3) is 0.969. The minimum absolute atomic E-state index is 0.197. The number of benzene rings is 1. The number of rotatable bonds is 1. The zero-order chi connectivity index (χ0) is 10.4. The van der Waals surface area contributed by atoms with E-state index in [9.17, 15) is 9.90 Å². The van der Waals surface area contributed by atoms with E-state index in [4.69, 9.17) is 0 Å². The highest BCUT2D eigenvalue weighted by molar-refractivity contribution is 6.07. The van der Waals surface area contributed by atoms with Crippen LogP contribution in [0.3, 0.4) is 0 Å². The van der Waals surface area contributed by atoms with Crippen molar-refractivity contribution in [3.8, 4) is 5.75 Å². The molecule has 0 amide bonds. The molecule has 2 heterocycles. The maximum absolute atomic E-state index is 10.7. The van der Waals surface area contributed by atoms with E-state index in [2.05, 4.69) is 10.1 Å². The molecule has 0 fully saturated rings. The number of hydrogen-bond donors (Lipinski definition) is 2. The normalized spacial score (nSPS) is 11.2. The van der Waals surface area contributed by atoms with Gasteiger partial charge in [-0.15, -0.1) is 0 Å². The molecule has 0 spiro atoms. The number of H-pyrrole nitrogens is 1. The Morgan fingerprint density at radius 3 is 3.07 bits per heavy atom. The van der Waals surface area contributed by atoms with Crippen LogP contribution in [-0.4, -0.2) is 26.3 Å². The molecule has 3 rings (SSSR count). The smallest absolute Gasteiger partial charge is 0.236 e. The van der Waals surface area contributed by atoms with Gasteiger partial charge in [0.2, 0.25) is 6.41 Å². The number of phenolic OH excluding ortho intramolecular Hbond substituents is 1. The molecule has 0 aliphatic heterocycles. The van der Waals surface area contributed by atoms with E-state index >= 15 is 0 Å². The summed E-state index contributed by atoms with van der Waals surface area (Å²) in [5.74, 6) is 0.197. The predicted octanol–water partition coefficient (Wildman–Crippen LogP) is 1.26. The van der Waals surface area contributed by atoms with E-state index in [0.717, 1.165) is 16.3 Å². The number of fused-ring (bicyclic) bond motifs is 3. The van der Waals surface area contributed by atoms with Gasteiger partial charge >= 0.3 is 0 Å². The molecule has 2 N–H and O–H groups in total. The van der Waals surface area contributed by atoms with Gasteiger partial charge < -0.3 is 10.1 Å². The van der Waals surface area contributed by atoms with Crippen LogP contribution in [-0.2, 0) is 4.79 Å². The molecule has 0 unspecified atom stereocenters. The second-order valence-electron chi connectivity index (χ2n) is 3.31. The number of phenols is 1. The Morgan fingerprint density at radius 2 is 2.27 bits per heavy atom. The average molecular weight is 201 g/mol.